The molecular formula is C14H16FN3O2. The fourth-order valence-electron chi connectivity index (χ4n) is 2.06. The first-order chi connectivity index (χ1) is 9.61. The molecule has 1 aromatic rings. The average molecular weight is 277 g/mol. The van der Waals surface area contributed by atoms with E-state index < -0.39 is 11.9 Å². The van der Waals surface area contributed by atoms with E-state index in [9.17, 15) is 9.18 Å². The number of ether oxygens (including phenoxy) is 1. The van der Waals surface area contributed by atoms with Gasteiger partial charge in [-0.2, -0.15) is 5.26 Å². The number of carbonyl (C=O) groups is 1. The highest BCUT2D eigenvalue weighted by Crippen LogP contribution is 2.15. The maximum atomic E-state index is 13.5. The minimum absolute atomic E-state index is 0.0114. The maximum Gasteiger partial charge on any atom is 0.244 e. The third-order valence-corrected chi connectivity index (χ3v) is 3.17. The largest absolute Gasteiger partial charge is 0.378 e. The second kappa shape index (κ2) is 6.35. The molecule has 1 heterocycles. The summed E-state index contributed by atoms with van der Waals surface area (Å²) in [6, 6.07) is 5.50. The van der Waals surface area contributed by atoms with E-state index in [4.69, 9.17) is 10.00 Å². The number of carbonyl (C=O) groups excluding carboxylic acids is 1. The predicted octanol–water partition coefficient (Wildman–Crippen LogP) is 1.36. The first-order valence-corrected chi connectivity index (χ1v) is 6.44. The molecule has 0 bridgehead atoms. The van der Waals surface area contributed by atoms with Gasteiger partial charge in [-0.3, -0.25) is 4.79 Å². The molecule has 0 radical (unpaired) electrons. The second-order valence-corrected chi connectivity index (χ2v) is 4.61. The topological polar surface area (TPSA) is 65.4 Å². The molecule has 1 atom stereocenters. The van der Waals surface area contributed by atoms with E-state index in [1.807, 2.05) is 0 Å². The molecule has 5 nitrogen and oxygen atoms in total. The van der Waals surface area contributed by atoms with Gasteiger partial charge in [0.2, 0.25) is 5.91 Å². The number of nitrogens with one attached hydrogen (secondary N) is 1. The van der Waals surface area contributed by atoms with E-state index in [0.29, 0.717) is 32.0 Å². The van der Waals surface area contributed by atoms with Crippen molar-refractivity contribution >= 4 is 11.6 Å². The zero-order valence-electron chi connectivity index (χ0n) is 11.2. The summed E-state index contributed by atoms with van der Waals surface area (Å²) in [7, 11) is 0. The molecule has 1 aliphatic rings. The van der Waals surface area contributed by atoms with Crippen molar-refractivity contribution in [3.8, 4) is 6.07 Å². The minimum atomic E-state index is -0.594. The molecule has 1 aliphatic heterocycles. The van der Waals surface area contributed by atoms with E-state index in [1.165, 1.54) is 12.1 Å². The van der Waals surface area contributed by atoms with E-state index >= 15 is 0 Å². The van der Waals surface area contributed by atoms with Crippen LogP contribution < -0.4 is 5.32 Å². The molecule has 1 unspecified atom stereocenters. The van der Waals surface area contributed by atoms with Crippen molar-refractivity contribution in [2.75, 3.05) is 31.6 Å². The third kappa shape index (κ3) is 3.25. The van der Waals surface area contributed by atoms with Crippen molar-refractivity contribution in [2.45, 2.75) is 13.0 Å². The van der Waals surface area contributed by atoms with Crippen molar-refractivity contribution in [2.24, 2.45) is 0 Å². The second-order valence-electron chi connectivity index (χ2n) is 4.61. The van der Waals surface area contributed by atoms with Gasteiger partial charge in [0.15, 0.2) is 0 Å². The lowest BCUT2D eigenvalue weighted by atomic mass is 10.2. The lowest BCUT2D eigenvalue weighted by molar-refractivity contribution is -0.135. The van der Waals surface area contributed by atoms with Crippen molar-refractivity contribution in [1.82, 2.24) is 4.90 Å². The molecule has 6 heteroatoms. The van der Waals surface area contributed by atoms with Crippen LogP contribution in [0.25, 0.3) is 0 Å². The predicted molar refractivity (Wildman–Crippen MR) is 71.6 cm³/mol. The van der Waals surface area contributed by atoms with Gasteiger partial charge in [0.1, 0.15) is 17.9 Å². The summed E-state index contributed by atoms with van der Waals surface area (Å²) in [5, 5.41) is 11.6. The number of hydrogen-bond acceptors (Lipinski definition) is 4. The smallest absolute Gasteiger partial charge is 0.244 e. The molecule has 1 fully saturated rings. The van der Waals surface area contributed by atoms with Crippen molar-refractivity contribution in [3.05, 3.63) is 29.6 Å². The van der Waals surface area contributed by atoms with E-state index in [1.54, 1.807) is 24.0 Å². The molecule has 1 amide bonds. The standard InChI is InChI=1S/C14H16FN3O2/c1-10(14(19)18-4-6-20-7-5-18)17-12-3-2-11(9-16)13(15)8-12/h2-3,8,10,17H,4-7H2,1H3. The van der Waals surface area contributed by atoms with Gasteiger partial charge in [-0.05, 0) is 25.1 Å². The van der Waals surface area contributed by atoms with Crippen LogP contribution in [0.2, 0.25) is 0 Å². The van der Waals surface area contributed by atoms with Gasteiger partial charge < -0.3 is 15.0 Å². The summed E-state index contributed by atoms with van der Waals surface area (Å²) >= 11 is 0. The van der Waals surface area contributed by atoms with Crippen molar-refractivity contribution in [1.29, 1.82) is 5.26 Å². The Balaban J connectivity index is 2.00. The van der Waals surface area contributed by atoms with Crippen LogP contribution in [0.1, 0.15) is 12.5 Å². The average Bonchev–Trinajstić information content (AvgIpc) is 2.47. The number of amides is 1. The Morgan fingerprint density at radius 2 is 2.20 bits per heavy atom. The summed E-state index contributed by atoms with van der Waals surface area (Å²) in [6.07, 6.45) is 0. The first-order valence-electron chi connectivity index (χ1n) is 6.44. The van der Waals surface area contributed by atoms with Crippen LogP contribution in [0.3, 0.4) is 0 Å². The van der Waals surface area contributed by atoms with Gasteiger partial charge in [0, 0.05) is 18.8 Å². The maximum absolute atomic E-state index is 13.5. The molecule has 0 saturated carbocycles. The molecule has 0 aliphatic carbocycles. The number of benzene rings is 1. The zero-order valence-corrected chi connectivity index (χ0v) is 11.2. The number of nitrogens with zero attached hydrogens (tertiary/aromatic N) is 2. The Labute approximate surface area is 116 Å². The molecule has 1 aromatic carbocycles. The van der Waals surface area contributed by atoms with Gasteiger partial charge >= 0.3 is 0 Å². The molecule has 0 aromatic heterocycles. The Morgan fingerprint density at radius 1 is 1.50 bits per heavy atom. The van der Waals surface area contributed by atoms with Crippen LogP contribution in [0.15, 0.2) is 18.2 Å². The molecule has 0 spiro atoms. The SMILES string of the molecule is CC(Nc1ccc(C#N)c(F)c1)C(=O)N1CCOCC1. The fraction of sp³-hybridized carbons (Fsp3) is 0.429. The lowest BCUT2D eigenvalue weighted by Gasteiger charge is -2.29. The summed E-state index contributed by atoms with van der Waals surface area (Å²) < 4.78 is 18.7. The van der Waals surface area contributed by atoms with Crippen molar-refractivity contribution < 1.29 is 13.9 Å². The number of hydrogen-bond donors (Lipinski definition) is 1. The molecule has 1 saturated heterocycles. The number of rotatable bonds is 3. The highest BCUT2D eigenvalue weighted by Gasteiger charge is 2.22. The van der Waals surface area contributed by atoms with Crippen LogP contribution >= 0.6 is 0 Å². The molecule has 1 N–H and O–H groups in total. The number of anilines is 1. The monoisotopic (exact) mass is 277 g/mol. The fourth-order valence-corrected chi connectivity index (χ4v) is 2.06. The quantitative estimate of drug-likeness (QED) is 0.906. The number of nitriles is 1. The Kier molecular flexibility index (Phi) is 4.53. The minimum Gasteiger partial charge on any atom is -0.378 e. The highest BCUT2D eigenvalue weighted by atomic mass is 19.1. The van der Waals surface area contributed by atoms with Gasteiger partial charge in [-0.1, -0.05) is 0 Å². The van der Waals surface area contributed by atoms with Crippen LogP contribution in [0.4, 0.5) is 10.1 Å². The molecule has 2 rings (SSSR count). The third-order valence-electron chi connectivity index (χ3n) is 3.17. The van der Waals surface area contributed by atoms with E-state index in [0.717, 1.165) is 0 Å². The van der Waals surface area contributed by atoms with Crippen LogP contribution in [-0.4, -0.2) is 43.2 Å². The summed E-state index contributed by atoms with van der Waals surface area (Å²) in [5.74, 6) is -0.637. The molecule has 106 valence electrons. The van der Waals surface area contributed by atoms with Gasteiger partial charge in [0.25, 0.3) is 0 Å². The van der Waals surface area contributed by atoms with E-state index in [2.05, 4.69) is 5.32 Å². The lowest BCUT2D eigenvalue weighted by Crippen LogP contribution is -2.47. The Morgan fingerprint density at radius 3 is 2.80 bits per heavy atom. The Bertz CT molecular complexity index is 536. The van der Waals surface area contributed by atoms with Crippen LogP contribution in [0, 0.1) is 17.1 Å². The first kappa shape index (κ1) is 14.3. The Hall–Kier alpha value is -2.13. The van der Waals surface area contributed by atoms with Gasteiger partial charge in [-0.25, -0.2) is 4.39 Å². The van der Waals surface area contributed by atoms with Gasteiger partial charge in [0.05, 0.1) is 18.8 Å². The number of halogens is 1. The highest BCUT2D eigenvalue weighted by molar-refractivity contribution is 5.84. The molecule has 20 heavy (non-hydrogen) atoms. The van der Waals surface area contributed by atoms with Crippen LogP contribution in [0.5, 0.6) is 0 Å². The normalized spacial score (nSPS) is 16.4. The summed E-state index contributed by atoms with van der Waals surface area (Å²) in [4.78, 5) is 13.9. The zero-order chi connectivity index (χ0) is 14.5. The van der Waals surface area contributed by atoms with Crippen LogP contribution in [-0.2, 0) is 9.53 Å². The summed E-state index contributed by atoms with van der Waals surface area (Å²) in [5.41, 5.74) is 0.471. The van der Waals surface area contributed by atoms with Gasteiger partial charge in [-0.15, -0.1) is 0 Å². The number of morpholine rings is 1. The van der Waals surface area contributed by atoms with Crippen molar-refractivity contribution in [3.63, 3.8) is 0 Å². The molecular weight excluding hydrogens is 261 g/mol. The van der Waals surface area contributed by atoms with E-state index in [-0.39, 0.29) is 11.5 Å². The summed E-state index contributed by atoms with van der Waals surface area (Å²) in [6.45, 7) is 3.97.